The van der Waals surface area contributed by atoms with E-state index in [9.17, 15) is 22.8 Å². The Labute approximate surface area is 179 Å². The third-order valence-corrected chi connectivity index (χ3v) is 6.81. The van der Waals surface area contributed by atoms with Crippen molar-refractivity contribution in [3.63, 3.8) is 0 Å². The first kappa shape index (κ1) is 22.2. The summed E-state index contributed by atoms with van der Waals surface area (Å²) in [6.07, 6.45) is 1.27. The predicted octanol–water partition coefficient (Wildman–Crippen LogP) is 1.63. The smallest absolute Gasteiger partial charge is 0.275 e. The number of aromatic nitrogens is 1. The van der Waals surface area contributed by atoms with Crippen molar-refractivity contribution in [1.29, 1.82) is 0 Å². The summed E-state index contributed by atoms with van der Waals surface area (Å²) in [5, 5.41) is 0.343. The molecule has 0 aliphatic heterocycles. The molecule has 2 aromatic carbocycles. The highest BCUT2D eigenvalue weighted by molar-refractivity contribution is 7.89. The van der Waals surface area contributed by atoms with Crippen molar-refractivity contribution in [2.24, 2.45) is 0 Å². The maximum absolute atomic E-state index is 12.7. The summed E-state index contributed by atoms with van der Waals surface area (Å²) in [6.45, 7) is 4.04. The van der Waals surface area contributed by atoms with Gasteiger partial charge >= 0.3 is 0 Å². The number of benzene rings is 2. The Kier molecular flexibility index (Phi) is 6.52. The van der Waals surface area contributed by atoms with E-state index in [1.54, 1.807) is 38.1 Å². The lowest BCUT2D eigenvalue weighted by atomic mass is 10.1. The Balaban J connectivity index is 1.77. The molecule has 0 spiro atoms. The molecule has 10 heteroatoms. The highest BCUT2D eigenvalue weighted by Crippen LogP contribution is 2.17. The minimum atomic E-state index is -3.74. The van der Waals surface area contributed by atoms with Crippen LogP contribution in [-0.4, -0.2) is 42.6 Å². The van der Waals surface area contributed by atoms with Gasteiger partial charge in [0.2, 0.25) is 15.5 Å². The van der Waals surface area contributed by atoms with Gasteiger partial charge in [-0.1, -0.05) is 32.0 Å². The number of carbonyl (C=O) groups is 2. The number of fused-ring (bicyclic) bond motifs is 1. The number of para-hydroxylation sites is 1. The normalized spacial score (nSPS) is 11.5. The van der Waals surface area contributed by atoms with E-state index in [0.29, 0.717) is 24.0 Å². The van der Waals surface area contributed by atoms with Gasteiger partial charge in [0.25, 0.3) is 11.8 Å². The number of hydrogen-bond acceptors (Lipinski definition) is 5. The standard InChI is InChI=1S/C21H22N4O5S/c1-3-25(4-2)31(29,30)15-9-7-8-14(12-15)20(27)23-24-21(28)17-13-22-18-11-6-5-10-16(18)19(17)26/h5-13H,3-4H2,1-2H3,(H,22,26)(H,23,27)(H,24,28). The van der Waals surface area contributed by atoms with Crippen molar-refractivity contribution in [3.05, 3.63) is 76.1 Å². The molecule has 0 radical (unpaired) electrons. The van der Waals surface area contributed by atoms with Crippen LogP contribution in [0.5, 0.6) is 0 Å². The second kappa shape index (κ2) is 9.11. The summed E-state index contributed by atoms with van der Waals surface area (Å²) in [5.41, 5.74) is 4.37. The molecule has 31 heavy (non-hydrogen) atoms. The zero-order chi connectivity index (χ0) is 22.6. The van der Waals surface area contributed by atoms with Crippen molar-refractivity contribution in [1.82, 2.24) is 20.1 Å². The molecule has 9 nitrogen and oxygen atoms in total. The average Bonchev–Trinajstić information content (AvgIpc) is 2.78. The van der Waals surface area contributed by atoms with E-state index in [2.05, 4.69) is 15.8 Å². The molecular formula is C21H22N4O5S. The largest absolute Gasteiger partial charge is 0.360 e. The maximum Gasteiger partial charge on any atom is 0.275 e. The third kappa shape index (κ3) is 4.49. The SMILES string of the molecule is CCN(CC)S(=O)(=O)c1cccc(C(=O)NNC(=O)c2c[nH]c3ccccc3c2=O)c1. The van der Waals surface area contributed by atoms with E-state index < -0.39 is 27.3 Å². The van der Waals surface area contributed by atoms with Gasteiger partial charge in [-0.3, -0.25) is 25.2 Å². The van der Waals surface area contributed by atoms with Crippen LogP contribution in [0.25, 0.3) is 10.9 Å². The highest BCUT2D eigenvalue weighted by atomic mass is 32.2. The first-order valence-corrected chi connectivity index (χ1v) is 11.0. The fourth-order valence-corrected chi connectivity index (χ4v) is 4.60. The number of carbonyl (C=O) groups excluding carboxylic acids is 2. The Morgan fingerprint density at radius 3 is 2.35 bits per heavy atom. The second-order valence-electron chi connectivity index (χ2n) is 6.60. The number of hydrogen-bond donors (Lipinski definition) is 3. The fraction of sp³-hybridized carbons (Fsp3) is 0.190. The van der Waals surface area contributed by atoms with Crippen molar-refractivity contribution in [2.75, 3.05) is 13.1 Å². The van der Waals surface area contributed by atoms with Crippen LogP contribution in [0.15, 0.2) is 64.4 Å². The van der Waals surface area contributed by atoms with Gasteiger partial charge in [-0.2, -0.15) is 4.31 Å². The molecule has 2 amide bonds. The van der Waals surface area contributed by atoms with Crippen LogP contribution in [0.1, 0.15) is 34.6 Å². The van der Waals surface area contributed by atoms with E-state index in [4.69, 9.17) is 0 Å². The lowest BCUT2D eigenvalue weighted by Crippen LogP contribution is -2.43. The van der Waals surface area contributed by atoms with Crippen molar-refractivity contribution >= 4 is 32.7 Å². The van der Waals surface area contributed by atoms with E-state index in [-0.39, 0.29) is 16.0 Å². The number of amides is 2. The lowest BCUT2D eigenvalue weighted by Gasteiger charge is -2.18. The molecule has 0 fully saturated rings. The number of H-pyrrole nitrogens is 1. The lowest BCUT2D eigenvalue weighted by molar-refractivity contribution is 0.0846. The summed E-state index contributed by atoms with van der Waals surface area (Å²) < 4.78 is 26.6. The Morgan fingerprint density at radius 1 is 0.968 bits per heavy atom. The highest BCUT2D eigenvalue weighted by Gasteiger charge is 2.22. The van der Waals surface area contributed by atoms with E-state index in [1.807, 2.05) is 0 Å². The number of nitrogens with zero attached hydrogens (tertiary/aromatic N) is 1. The molecule has 0 aliphatic carbocycles. The molecule has 0 unspecified atom stereocenters. The first-order valence-electron chi connectivity index (χ1n) is 9.61. The first-order chi connectivity index (χ1) is 14.8. The third-order valence-electron chi connectivity index (χ3n) is 4.76. The van der Waals surface area contributed by atoms with Crippen LogP contribution in [0.3, 0.4) is 0 Å². The van der Waals surface area contributed by atoms with Gasteiger partial charge in [-0.25, -0.2) is 8.42 Å². The zero-order valence-electron chi connectivity index (χ0n) is 17.0. The summed E-state index contributed by atoms with van der Waals surface area (Å²) in [7, 11) is -3.74. The van der Waals surface area contributed by atoms with Gasteiger partial charge in [-0.15, -0.1) is 0 Å². The Hall–Kier alpha value is -3.50. The van der Waals surface area contributed by atoms with Crippen LogP contribution in [0.2, 0.25) is 0 Å². The summed E-state index contributed by atoms with van der Waals surface area (Å²) >= 11 is 0. The van der Waals surface area contributed by atoms with Gasteiger partial charge in [0, 0.05) is 35.8 Å². The summed E-state index contributed by atoms with van der Waals surface area (Å²) in [5.74, 6) is -1.52. The van der Waals surface area contributed by atoms with Crippen molar-refractivity contribution in [2.45, 2.75) is 18.7 Å². The number of rotatable bonds is 6. The van der Waals surface area contributed by atoms with Gasteiger partial charge in [-0.05, 0) is 30.3 Å². The molecular weight excluding hydrogens is 420 g/mol. The average molecular weight is 442 g/mol. The van der Waals surface area contributed by atoms with Gasteiger partial charge in [0.05, 0.1) is 4.90 Å². The number of aromatic amines is 1. The molecule has 0 bridgehead atoms. The minimum absolute atomic E-state index is 0.0267. The molecule has 3 N–H and O–H groups in total. The Bertz CT molecular complexity index is 1300. The van der Waals surface area contributed by atoms with E-state index in [1.165, 1.54) is 34.8 Å². The molecule has 0 saturated heterocycles. The molecule has 1 heterocycles. The zero-order valence-corrected chi connectivity index (χ0v) is 17.8. The van der Waals surface area contributed by atoms with Crippen LogP contribution in [0, 0.1) is 0 Å². The Morgan fingerprint density at radius 2 is 1.65 bits per heavy atom. The minimum Gasteiger partial charge on any atom is -0.360 e. The van der Waals surface area contributed by atoms with Crippen LogP contribution in [0.4, 0.5) is 0 Å². The predicted molar refractivity (Wildman–Crippen MR) is 116 cm³/mol. The van der Waals surface area contributed by atoms with Crippen molar-refractivity contribution in [3.8, 4) is 0 Å². The number of hydrazine groups is 1. The number of nitrogens with one attached hydrogen (secondary N) is 3. The molecule has 0 atom stereocenters. The molecule has 0 saturated carbocycles. The van der Waals surface area contributed by atoms with Gasteiger partial charge in [0.1, 0.15) is 5.56 Å². The number of sulfonamides is 1. The molecule has 3 rings (SSSR count). The quantitative estimate of drug-likeness (QED) is 0.500. The molecule has 162 valence electrons. The van der Waals surface area contributed by atoms with Crippen LogP contribution < -0.4 is 16.3 Å². The van der Waals surface area contributed by atoms with E-state index >= 15 is 0 Å². The van der Waals surface area contributed by atoms with E-state index in [0.717, 1.165) is 0 Å². The molecule has 1 aromatic heterocycles. The maximum atomic E-state index is 12.7. The summed E-state index contributed by atoms with van der Waals surface area (Å²) in [4.78, 5) is 40.2. The second-order valence-corrected chi connectivity index (χ2v) is 8.54. The molecule has 3 aromatic rings. The van der Waals surface area contributed by atoms with Gasteiger partial charge in [0.15, 0.2) is 0 Å². The van der Waals surface area contributed by atoms with Crippen LogP contribution in [-0.2, 0) is 10.0 Å². The van der Waals surface area contributed by atoms with Gasteiger partial charge < -0.3 is 4.98 Å². The fourth-order valence-electron chi connectivity index (χ4n) is 3.10. The van der Waals surface area contributed by atoms with Crippen molar-refractivity contribution < 1.29 is 18.0 Å². The number of pyridine rings is 1. The summed E-state index contributed by atoms with van der Waals surface area (Å²) in [6, 6.07) is 12.2. The topological polar surface area (TPSA) is 128 Å². The molecule has 0 aliphatic rings. The van der Waals surface area contributed by atoms with Crippen LogP contribution >= 0.6 is 0 Å². The monoisotopic (exact) mass is 442 g/mol.